The molecule has 4 fully saturated rings. The minimum absolute atomic E-state index is 0.0984. The molecular weight excluding hydrogens is 456 g/mol. The third-order valence-corrected chi connectivity index (χ3v) is 7.54. The van der Waals surface area contributed by atoms with Crippen molar-refractivity contribution in [3.05, 3.63) is 23.5 Å². The molecule has 0 radical (unpaired) electrons. The van der Waals surface area contributed by atoms with Crippen molar-refractivity contribution < 1.29 is 31.9 Å². The van der Waals surface area contributed by atoms with Gasteiger partial charge in [-0.2, -0.15) is 18.3 Å². The molecule has 3 N–H and O–H groups in total. The summed E-state index contributed by atoms with van der Waals surface area (Å²) in [5.41, 5.74) is 2.25. The van der Waals surface area contributed by atoms with Crippen molar-refractivity contribution in [2.75, 3.05) is 13.3 Å². The van der Waals surface area contributed by atoms with Gasteiger partial charge in [0.05, 0.1) is 25.0 Å². The van der Waals surface area contributed by atoms with E-state index in [1.54, 1.807) is 13.8 Å². The molecule has 0 spiro atoms. The number of carbonyl (C=O) groups is 2. The lowest BCUT2D eigenvalue weighted by molar-refractivity contribution is -0.142. The quantitative estimate of drug-likeness (QED) is 0.559. The van der Waals surface area contributed by atoms with Crippen LogP contribution in [0.3, 0.4) is 0 Å². The summed E-state index contributed by atoms with van der Waals surface area (Å²) in [6.45, 7) is 2.57. The second-order valence-electron chi connectivity index (χ2n) is 10.9. The summed E-state index contributed by atoms with van der Waals surface area (Å²) >= 11 is 0. The smallest absolute Gasteiger partial charge is 0.434 e. The highest BCUT2D eigenvalue weighted by Gasteiger charge is 2.56. The van der Waals surface area contributed by atoms with E-state index in [-0.39, 0.29) is 29.9 Å². The van der Waals surface area contributed by atoms with Gasteiger partial charge in [-0.05, 0) is 49.9 Å². The SMILES string of the molecule is CC(C)(/C=C/n1ncc(C(=O)NC2C3CC4CC2CC(COC(N)=O)(C4)C3)c1C(F)(F)F)CF. The minimum Gasteiger partial charge on any atom is -0.449 e. The van der Waals surface area contributed by atoms with E-state index in [4.69, 9.17) is 10.5 Å². The molecule has 0 aliphatic heterocycles. The standard InChI is InChI=1S/C23H30F4N4O3/c1-21(2,11-24)3-4-31-18(23(25,26)27)16(10-29-31)19(32)30-17-14-5-13-6-15(17)9-22(7-13,8-14)12-34-20(28)33/h3-4,10,13-15,17H,5-9,11-12H2,1-2H3,(H2,28,33)(H,30,32)/b4-3+. The molecule has 34 heavy (non-hydrogen) atoms. The van der Waals surface area contributed by atoms with Crippen LogP contribution in [0.1, 0.15) is 62.0 Å². The summed E-state index contributed by atoms with van der Waals surface area (Å²) in [6, 6.07) is -0.254. The van der Waals surface area contributed by atoms with Crippen LogP contribution in [0.15, 0.2) is 12.3 Å². The number of nitrogens with zero attached hydrogens (tertiary/aromatic N) is 2. The molecule has 11 heteroatoms. The first-order valence-corrected chi connectivity index (χ1v) is 11.5. The fraction of sp³-hybridized carbons (Fsp3) is 0.696. The Hall–Kier alpha value is -2.59. The number of allylic oxidation sites excluding steroid dienone is 1. The molecule has 4 saturated carbocycles. The van der Waals surface area contributed by atoms with E-state index in [0.29, 0.717) is 10.6 Å². The summed E-state index contributed by atoms with van der Waals surface area (Å²) in [5, 5.41) is 6.60. The van der Waals surface area contributed by atoms with Crippen LogP contribution in [-0.2, 0) is 10.9 Å². The number of alkyl halides is 4. The lowest BCUT2D eigenvalue weighted by Crippen LogP contribution is -2.60. The van der Waals surface area contributed by atoms with Crippen molar-refractivity contribution in [3.8, 4) is 0 Å². The zero-order chi connectivity index (χ0) is 24.9. The summed E-state index contributed by atoms with van der Waals surface area (Å²) in [7, 11) is 0. The molecule has 2 unspecified atom stereocenters. The summed E-state index contributed by atoms with van der Waals surface area (Å²) in [5.74, 6) is -0.182. The van der Waals surface area contributed by atoms with Crippen LogP contribution in [0.25, 0.3) is 6.20 Å². The van der Waals surface area contributed by atoms with Crippen molar-refractivity contribution in [3.63, 3.8) is 0 Å². The molecule has 2 atom stereocenters. The number of hydrogen-bond acceptors (Lipinski definition) is 4. The van der Waals surface area contributed by atoms with Crippen LogP contribution in [-0.4, -0.2) is 41.1 Å². The molecule has 188 valence electrons. The van der Waals surface area contributed by atoms with Crippen molar-refractivity contribution >= 4 is 18.2 Å². The number of primary amides is 1. The van der Waals surface area contributed by atoms with Gasteiger partial charge in [-0.25, -0.2) is 9.48 Å². The number of aromatic nitrogens is 2. The number of nitrogens with two attached hydrogens (primary N) is 1. The predicted molar refractivity (Wildman–Crippen MR) is 115 cm³/mol. The minimum atomic E-state index is -4.83. The fourth-order valence-electron chi connectivity index (χ4n) is 6.30. The Morgan fingerprint density at radius 2 is 1.91 bits per heavy atom. The van der Waals surface area contributed by atoms with Gasteiger partial charge in [-0.3, -0.25) is 9.18 Å². The average Bonchev–Trinajstić information content (AvgIpc) is 3.18. The predicted octanol–water partition coefficient (Wildman–Crippen LogP) is 4.39. The van der Waals surface area contributed by atoms with Gasteiger partial charge in [0.25, 0.3) is 5.91 Å². The van der Waals surface area contributed by atoms with Gasteiger partial charge in [-0.15, -0.1) is 0 Å². The highest BCUT2D eigenvalue weighted by Crippen LogP contribution is 2.60. The van der Waals surface area contributed by atoms with Crippen LogP contribution in [0.5, 0.6) is 0 Å². The molecule has 0 saturated heterocycles. The van der Waals surface area contributed by atoms with E-state index in [9.17, 15) is 27.2 Å². The first kappa shape index (κ1) is 24.5. The Kier molecular flexibility index (Phi) is 6.18. The number of rotatable bonds is 7. The fourth-order valence-corrected chi connectivity index (χ4v) is 6.30. The monoisotopic (exact) mass is 486 g/mol. The van der Waals surface area contributed by atoms with Crippen LogP contribution in [0.2, 0.25) is 0 Å². The first-order chi connectivity index (χ1) is 15.8. The van der Waals surface area contributed by atoms with Crippen molar-refractivity contribution in [2.24, 2.45) is 34.3 Å². The lowest BCUT2D eigenvalue weighted by atomic mass is 9.48. The average molecular weight is 487 g/mol. The van der Waals surface area contributed by atoms with E-state index in [1.807, 2.05) is 0 Å². The van der Waals surface area contributed by atoms with Crippen LogP contribution in [0.4, 0.5) is 22.4 Å². The van der Waals surface area contributed by atoms with E-state index in [1.165, 1.54) is 6.08 Å². The highest BCUT2D eigenvalue weighted by atomic mass is 19.4. The zero-order valence-corrected chi connectivity index (χ0v) is 19.2. The Morgan fingerprint density at radius 1 is 1.26 bits per heavy atom. The van der Waals surface area contributed by atoms with Gasteiger partial charge < -0.3 is 15.8 Å². The van der Waals surface area contributed by atoms with Crippen LogP contribution < -0.4 is 11.1 Å². The van der Waals surface area contributed by atoms with Gasteiger partial charge in [0, 0.05) is 23.1 Å². The lowest BCUT2D eigenvalue weighted by Gasteiger charge is -2.59. The van der Waals surface area contributed by atoms with Crippen molar-refractivity contribution in [1.29, 1.82) is 0 Å². The maximum atomic E-state index is 13.9. The molecule has 5 rings (SSSR count). The number of halogens is 4. The molecule has 1 aromatic rings. The van der Waals surface area contributed by atoms with Gasteiger partial charge >= 0.3 is 12.3 Å². The van der Waals surface area contributed by atoms with E-state index >= 15 is 0 Å². The largest absolute Gasteiger partial charge is 0.449 e. The maximum Gasteiger partial charge on any atom is 0.434 e. The highest BCUT2D eigenvalue weighted by molar-refractivity contribution is 5.95. The number of amides is 2. The van der Waals surface area contributed by atoms with Gasteiger partial charge in [0.15, 0.2) is 5.69 Å². The van der Waals surface area contributed by atoms with Crippen molar-refractivity contribution in [2.45, 2.75) is 58.2 Å². The maximum absolute atomic E-state index is 13.9. The third-order valence-electron chi connectivity index (χ3n) is 7.54. The molecule has 7 nitrogen and oxygen atoms in total. The van der Waals surface area contributed by atoms with E-state index < -0.39 is 41.5 Å². The normalized spacial score (nSPS) is 30.6. The molecule has 1 aromatic heterocycles. The second kappa shape index (κ2) is 8.57. The second-order valence-corrected chi connectivity index (χ2v) is 10.9. The first-order valence-electron chi connectivity index (χ1n) is 11.5. The molecule has 4 aliphatic rings. The summed E-state index contributed by atoms with van der Waals surface area (Å²) < 4.78 is 60.4. The number of carbonyl (C=O) groups excluding carboxylic acids is 2. The molecule has 4 bridgehead atoms. The van der Waals surface area contributed by atoms with Crippen LogP contribution >= 0.6 is 0 Å². The van der Waals surface area contributed by atoms with Crippen LogP contribution in [0, 0.1) is 28.6 Å². The number of ether oxygens (including phenoxy) is 1. The Labute approximate surface area is 195 Å². The Morgan fingerprint density at radius 3 is 2.47 bits per heavy atom. The van der Waals surface area contributed by atoms with Gasteiger partial charge in [0.1, 0.15) is 0 Å². The summed E-state index contributed by atoms with van der Waals surface area (Å²) in [6.07, 6.45) is 1.75. The van der Waals surface area contributed by atoms with Gasteiger partial charge in [-0.1, -0.05) is 19.9 Å². The van der Waals surface area contributed by atoms with E-state index in [2.05, 4.69) is 10.4 Å². The summed E-state index contributed by atoms with van der Waals surface area (Å²) in [4.78, 5) is 24.1. The molecule has 0 aromatic carbocycles. The topological polar surface area (TPSA) is 99.2 Å². The Bertz CT molecular complexity index is 971. The Balaban J connectivity index is 1.53. The molecule has 4 aliphatic carbocycles. The molecular formula is C23H30F4N4O3. The van der Waals surface area contributed by atoms with Crippen molar-refractivity contribution in [1.82, 2.24) is 15.1 Å². The number of nitrogens with one attached hydrogen (secondary N) is 1. The van der Waals surface area contributed by atoms with E-state index in [0.717, 1.165) is 44.5 Å². The van der Waals surface area contributed by atoms with Gasteiger partial charge in [0.2, 0.25) is 0 Å². The molecule has 1 heterocycles. The third kappa shape index (κ3) is 4.79. The molecule has 2 amide bonds. The zero-order valence-electron chi connectivity index (χ0n) is 19.2. The number of hydrogen-bond donors (Lipinski definition) is 2.